The molecule has 0 nitrogen and oxygen atoms in total. The smallest absolute Gasteiger partial charge is 0.0566 e. The van der Waals surface area contributed by atoms with Crippen LogP contribution in [0.5, 0.6) is 0 Å². The first-order valence-electron chi connectivity index (χ1n) is 9.72. The zero-order valence-electron chi connectivity index (χ0n) is 17.1. The summed E-state index contributed by atoms with van der Waals surface area (Å²) in [5, 5.41) is 0. The number of hydrogen-bond acceptors (Lipinski definition) is 0. The average Bonchev–Trinajstić information content (AvgIpc) is 3.19. The molecule has 0 radical (unpaired) electrons. The quantitative estimate of drug-likeness (QED) is 0.454. The lowest BCUT2D eigenvalue weighted by atomic mass is 10.1. The minimum atomic E-state index is -1.06. The second kappa shape index (κ2) is 8.16. The molecule has 0 saturated carbocycles. The van der Waals surface area contributed by atoms with E-state index in [4.69, 9.17) is 0 Å². The van der Waals surface area contributed by atoms with Crippen LogP contribution in [0.3, 0.4) is 0 Å². The molecule has 2 atom stereocenters. The Morgan fingerprint density at radius 2 is 0.889 bits per heavy atom. The second-order valence-corrected chi connectivity index (χ2v) is 20.4. The van der Waals surface area contributed by atoms with E-state index in [2.05, 4.69) is 112 Å². The van der Waals surface area contributed by atoms with Gasteiger partial charge in [-0.2, -0.15) is 0 Å². The van der Waals surface area contributed by atoms with Gasteiger partial charge in [0.2, 0.25) is 0 Å². The first-order chi connectivity index (χ1) is 12.2. The van der Waals surface area contributed by atoms with E-state index >= 15 is 0 Å². The predicted octanol–water partition coefficient (Wildman–Crippen LogP) is 7.98. The van der Waals surface area contributed by atoms with Crippen LogP contribution in [0.15, 0.2) is 60.7 Å². The van der Waals surface area contributed by atoms with Gasteiger partial charge in [-0.1, -0.05) is 120 Å². The molecule has 0 aromatic heterocycles. The van der Waals surface area contributed by atoms with Crippen molar-refractivity contribution < 1.29 is 0 Å². The van der Waals surface area contributed by atoms with Crippen LogP contribution in [-0.2, 0) is 0 Å². The Hall–Kier alpha value is -1.65. The Morgan fingerprint density at radius 3 is 1.22 bits per heavy atom. The molecule has 0 amide bonds. The van der Waals surface area contributed by atoms with E-state index in [1.165, 1.54) is 11.1 Å². The summed E-state index contributed by atoms with van der Waals surface area (Å²) in [5.41, 5.74) is 7.39. The van der Waals surface area contributed by atoms with Crippen molar-refractivity contribution in [2.24, 2.45) is 0 Å². The summed E-state index contributed by atoms with van der Waals surface area (Å²) in [7, 11) is -2.12. The van der Waals surface area contributed by atoms with E-state index < -0.39 is 16.1 Å². The zero-order chi connectivity index (χ0) is 18.9. The Bertz CT molecular complexity index is 760. The molecule has 2 aliphatic carbocycles. The van der Waals surface area contributed by atoms with Crippen molar-refractivity contribution in [3.05, 3.63) is 82.9 Å². The summed E-state index contributed by atoms with van der Waals surface area (Å²) in [6.45, 7) is 14.6. The van der Waals surface area contributed by atoms with Gasteiger partial charge in [0.05, 0.1) is 16.1 Å². The lowest BCUT2D eigenvalue weighted by Gasteiger charge is -2.24. The monoisotopic (exact) mass is 392 g/mol. The Morgan fingerprint density at radius 1 is 0.556 bits per heavy atom. The Labute approximate surface area is 169 Å². The molecule has 0 bridgehead atoms. The summed E-state index contributed by atoms with van der Waals surface area (Å²) in [6, 6.07) is 17.5. The normalized spacial score (nSPS) is 19.6. The van der Waals surface area contributed by atoms with Gasteiger partial charge in [-0.3, -0.25) is 0 Å². The molecule has 2 aliphatic rings. The average molecular weight is 393 g/mol. The molecule has 0 aliphatic heterocycles. The van der Waals surface area contributed by atoms with Crippen LogP contribution in [-0.4, -0.2) is 16.1 Å². The number of benzene rings is 2. The lowest BCUT2D eigenvalue weighted by molar-refractivity contribution is 1.16. The maximum Gasteiger partial charge on any atom is 0.0566 e. The molecule has 0 spiro atoms. The molecule has 0 saturated heterocycles. The molecule has 2 aromatic rings. The molecular formula is C25H36Si2. The van der Waals surface area contributed by atoms with Gasteiger partial charge in [-0.15, -0.1) is 0 Å². The molecule has 4 rings (SSSR count). The molecule has 2 unspecified atom stereocenters. The highest BCUT2D eigenvalue weighted by atomic mass is 28.3. The largest absolute Gasteiger partial charge is 0.0791 e. The third-order valence-electron chi connectivity index (χ3n) is 5.46. The topological polar surface area (TPSA) is 0 Å². The van der Waals surface area contributed by atoms with Crippen LogP contribution in [0.2, 0.25) is 39.3 Å². The van der Waals surface area contributed by atoms with Crippen LogP contribution >= 0.6 is 0 Å². The van der Waals surface area contributed by atoms with Crippen LogP contribution in [0.4, 0.5) is 0 Å². The second-order valence-electron chi connectivity index (χ2n) is 9.66. The fourth-order valence-corrected chi connectivity index (χ4v) is 7.75. The van der Waals surface area contributed by atoms with Crippen molar-refractivity contribution in [1.82, 2.24) is 0 Å². The molecule has 0 fully saturated rings. The van der Waals surface area contributed by atoms with Crippen molar-refractivity contribution in [3.63, 3.8) is 0 Å². The third kappa shape index (κ3) is 4.80. The van der Waals surface area contributed by atoms with Gasteiger partial charge in [0, 0.05) is 0 Å². The SMILES string of the molecule is C.C[Si](C)(C)C1C=Cc2ccccc21.C[Si](C)(C)C1C=Cc2ccccc21. The number of rotatable bonds is 2. The predicted molar refractivity (Wildman–Crippen MR) is 130 cm³/mol. The van der Waals surface area contributed by atoms with Gasteiger partial charge in [0.1, 0.15) is 0 Å². The molecule has 144 valence electrons. The van der Waals surface area contributed by atoms with E-state index in [0.29, 0.717) is 0 Å². The van der Waals surface area contributed by atoms with Gasteiger partial charge in [-0.25, -0.2) is 0 Å². The van der Waals surface area contributed by atoms with Crippen molar-refractivity contribution in [1.29, 1.82) is 0 Å². The zero-order valence-corrected chi connectivity index (χ0v) is 19.1. The Balaban J connectivity index is 0.000000187. The van der Waals surface area contributed by atoms with Crippen LogP contribution < -0.4 is 0 Å². The molecule has 0 N–H and O–H groups in total. The summed E-state index contributed by atoms with van der Waals surface area (Å²) in [4.78, 5) is 0. The fourth-order valence-electron chi connectivity index (χ4n) is 4.01. The standard InChI is InChI=1S/2C12H16Si.CH4/c2*1-13(2,3)12-9-8-10-6-4-5-7-11(10)12;/h2*4-9,12H,1-3H3;1H4. The highest BCUT2D eigenvalue weighted by Crippen LogP contribution is 2.37. The van der Waals surface area contributed by atoms with Crippen LogP contribution in [0.25, 0.3) is 12.2 Å². The number of allylic oxidation sites excluding steroid dienone is 2. The van der Waals surface area contributed by atoms with Gasteiger partial charge in [0.15, 0.2) is 0 Å². The van der Waals surface area contributed by atoms with Gasteiger partial charge in [0.25, 0.3) is 0 Å². The maximum absolute atomic E-state index is 2.43. The van der Waals surface area contributed by atoms with Crippen molar-refractivity contribution >= 4 is 28.3 Å². The minimum Gasteiger partial charge on any atom is -0.0791 e. The summed E-state index contributed by atoms with van der Waals surface area (Å²) in [6.07, 6.45) is 9.32. The minimum absolute atomic E-state index is 0. The summed E-state index contributed by atoms with van der Waals surface area (Å²) < 4.78 is 0. The number of hydrogen-bond donors (Lipinski definition) is 0. The third-order valence-corrected chi connectivity index (χ3v) is 10.2. The van der Waals surface area contributed by atoms with E-state index in [1.807, 2.05) is 0 Å². The van der Waals surface area contributed by atoms with Gasteiger partial charge < -0.3 is 0 Å². The molecule has 2 aromatic carbocycles. The van der Waals surface area contributed by atoms with E-state index in [0.717, 1.165) is 11.1 Å². The highest BCUT2D eigenvalue weighted by molar-refractivity contribution is 6.78. The van der Waals surface area contributed by atoms with Crippen molar-refractivity contribution in [2.75, 3.05) is 0 Å². The van der Waals surface area contributed by atoms with E-state index in [1.54, 1.807) is 11.1 Å². The van der Waals surface area contributed by atoms with Gasteiger partial charge >= 0.3 is 0 Å². The van der Waals surface area contributed by atoms with Crippen LogP contribution in [0, 0.1) is 0 Å². The molecule has 27 heavy (non-hydrogen) atoms. The number of fused-ring (bicyclic) bond motifs is 2. The van der Waals surface area contributed by atoms with Gasteiger partial charge in [-0.05, 0) is 33.3 Å². The van der Waals surface area contributed by atoms with Crippen molar-refractivity contribution in [2.45, 2.75) is 57.8 Å². The lowest BCUT2D eigenvalue weighted by Crippen LogP contribution is -2.28. The Kier molecular flexibility index (Phi) is 6.54. The first kappa shape index (κ1) is 21.7. The molecule has 2 heteroatoms. The van der Waals surface area contributed by atoms with Crippen LogP contribution in [0.1, 0.15) is 40.8 Å². The van der Waals surface area contributed by atoms with Crippen molar-refractivity contribution in [3.8, 4) is 0 Å². The summed E-state index contributed by atoms with van der Waals surface area (Å²) in [5.74, 6) is 0. The van der Waals surface area contributed by atoms with E-state index in [-0.39, 0.29) is 7.43 Å². The summed E-state index contributed by atoms with van der Waals surface area (Å²) >= 11 is 0. The van der Waals surface area contributed by atoms with E-state index in [9.17, 15) is 0 Å². The first-order valence-corrected chi connectivity index (χ1v) is 16.9. The molecule has 0 heterocycles. The highest BCUT2D eigenvalue weighted by Gasteiger charge is 2.30. The molecular weight excluding hydrogens is 356 g/mol. The maximum atomic E-state index is 2.43. The fraction of sp³-hybridized carbons (Fsp3) is 0.360.